The molecular weight excluding hydrogens is 250 g/mol. The van der Waals surface area contributed by atoms with Gasteiger partial charge in [0.05, 0.1) is 7.11 Å². The molecule has 0 amide bonds. The first-order valence-electron chi connectivity index (χ1n) is 6.40. The van der Waals surface area contributed by atoms with Crippen molar-refractivity contribution in [2.75, 3.05) is 32.7 Å². The Bertz CT molecular complexity index is 351. The second-order valence-electron chi connectivity index (χ2n) is 4.48. The number of ether oxygens (including phenoxy) is 2. The largest absolute Gasteiger partial charge is 0.497 e. The molecule has 0 atom stereocenters. The van der Waals surface area contributed by atoms with Gasteiger partial charge in [-0.15, -0.1) is 11.6 Å². The minimum Gasteiger partial charge on any atom is -0.497 e. The summed E-state index contributed by atoms with van der Waals surface area (Å²) in [5, 5.41) is 0. The van der Waals surface area contributed by atoms with Crippen LogP contribution in [0.5, 0.6) is 11.5 Å². The Morgan fingerprint density at radius 1 is 1.17 bits per heavy atom. The van der Waals surface area contributed by atoms with Crippen molar-refractivity contribution in [3.8, 4) is 11.5 Å². The van der Waals surface area contributed by atoms with Crippen LogP contribution >= 0.6 is 11.6 Å². The van der Waals surface area contributed by atoms with Crippen molar-refractivity contribution < 1.29 is 9.47 Å². The topological polar surface area (TPSA) is 21.7 Å². The number of alkyl halides is 1. The molecule has 0 aromatic heterocycles. The summed E-state index contributed by atoms with van der Waals surface area (Å²) < 4.78 is 10.8. The van der Waals surface area contributed by atoms with Gasteiger partial charge in [-0.2, -0.15) is 0 Å². The molecule has 0 saturated heterocycles. The van der Waals surface area contributed by atoms with Gasteiger partial charge in [-0.25, -0.2) is 0 Å². The molecule has 0 unspecified atom stereocenters. The molecule has 0 N–H and O–H groups in total. The van der Waals surface area contributed by atoms with E-state index in [1.807, 2.05) is 24.3 Å². The van der Waals surface area contributed by atoms with Crippen molar-refractivity contribution in [2.45, 2.75) is 18.9 Å². The Hall–Kier alpha value is -0.930. The maximum Gasteiger partial charge on any atom is 0.119 e. The van der Waals surface area contributed by atoms with Crippen molar-refractivity contribution in [2.24, 2.45) is 0 Å². The summed E-state index contributed by atoms with van der Waals surface area (Å²) in [6, 6.07) is 8.42. The summed E-state index contributed by atoms with van der Waals surface area (Å²) in [6.45, 7) is 2.61. The van der Waals surface area contributed by atoms with E-state index in [0.29, 0.717) is 12.5 Å². The molecule has 1 aromatic rings. The van der Waals surface area contributed by atoms with Crippen LogP contribution in [0.4, 0.5) is 0 Å². The summed E-state index contributed by atoms with van der Waals surface area (Å²) in [4.78, 5) is 2.41. The average Bonchev–Trinajstić information content (AvgIpc) is 3.23. The van der Waals surface area contributed by atoms with Gasteiger partial charge in [-0.1, -0.05) is 0 Å². The Morgan fingerprint density at radius 3 is 2.39 bits per heavy atom. The molecule has 0 radical (unpaired) electrons. The van der Waals surface area contributed by atoms with E-state index < -0.39 is 0 Å². The zero-order chi connectivity index (χ0) is 12.8. The molecule has 0 heterocycles. The van der Waals surface area contributed by atoms with Gasteiger partial charge in [0.15, 0.2) is 0 Å². The lowest BCUT2D eigenvalue weighted by Crippen LogP contribution is -2.32. The first kappa shape index (κ1) is 13.5. The summed E-state index contributed by atoms with van der Waals surface area (Å²) in [5.74, 6) is 2.43. The molecule has 0 spiro atoms. The number of nitrogens with zero attached hydrogens (tertiary/aromatic N) is 1. The monoisotopic (exact) mass is 269 g/mol. The van der Waals surface area contributed by atoms with Crippen molar-refractivity contribution in [1.29, 1.82) is 0 Å². The second kappa shape index (κ2) is 6.86. The normalized spacial score (nSPS) is 14.8. The molecule has 4 heteroatoms. The lowest BCUT2D eigenvalue weighted by atomic mass is 10.3. The van der Waals surface area contributed by atoms with Crippen LogP contribution in [0, 0.1) is 0 Å². The van der Waals surface area contributed by atoms with Gasteiger partial charge in [-0.3, -0.25) is 4.90 Å². The first-order chi connectivity index (χ1) is 8.83. The number of methoxy groups -OCH3 is 1. The predicted octanol–water partition coefficient (Wildman–Crippen LogP) is 2.78. The summed E-state index contributed by atoms with van der Waals surface area (Å²) in [5.41, 5.74) is 0. The van der Waals surface area contributed by atoms with Crippen molar-refractivity contribution in [3.05, 3.63) is 24.3 Å². The molecule has 0 aliphatic heterocycles. The zero-order valence-corrected chi connectivity index (χ0v) is 11.5. The lowest BCUT2D eigenvalue weighted by Gasteiger charge is -2.20. The molecule has 1 aliphatic rings. The van der Waals surface area contributed by atoms with Crippen LogP contribution < -0.4 is 9.47 Å². The molecule has 18 heavy (non-hydrogen) atoms. The minimum absolute atomic E-state index is 0.693. The highest BCUT2D eigenvalue weighted by Gasteiger charge is 2.27. The molecular formula is C14H20ClNO2. The molecule has 0 bridgehead atoms. The van der Waals surface area contributed by atoms with E-state index in [9.17, 15) is 0 Å². The van der Waals surface area contributed by atoms with Gasteiger partial charge in [-0.05, 0) is 37.1 Å². The second-order valence-corrected chi connectivity index (χ2v) is 4.86. The SMILES string of the molecule is COc1ccc(OCCN(CCCl)C2CC2)cc1. The highest BCUT2D eigenvalue weighted by atomic mass is 35.5. The third-order valence-corrected chi connectivity index (χ3v) is 3.31. The highest BCUT2D eigenvalue weighted by molar-refractivity contribution is 6.18. The highest BCUT2D eigenvalue weighted by Crippen LogP contribution is 2.26. The number of halogens is 1. The number of rotatable bonds is 8. The molecule has 1 aromatic carbocycles. The molecule has 2 rings (SSSR count). The maximum absolute atomic E-state index is 5.80. The van der Waals surface area contributed by atoms with Crippen molar-refractivity contribution in [3.63, 3.8) is 0 Å². The fraction of sp³-hybridized carbons (Fsp3) is 0.571. The van der Waals surface area contributed by atoms with Crippen molar-refractivity contribution >= 4 is 11.6 Å². The fourth-order valence-corrected chi connectivity index (χ4v) is 2.20. The Kier molecular flexibility index (Phi) is 5.14. The van der Waals surface area contributed by atoms with Gasteiger partial charge < -0.3 is 9.47 Å². The molecule has 100 valence electrons. The van der Waals surface area contributed by atoms with Gasteiger partial charge in [0, 0.05) is 25.0 Å². The van der Waals surface area contributed by atoms with Crippen LogP contribution in [0.1, 0.15) is 12.8 Å². The summed E-state index contributed by atoms with van der Waals surface area (Å²) in [7, 11) is 1.66. The standard InChI is InChI=1S/C14H20ClNO2/c1-17-13-4-6-14(7-5-13)18-11-10-16(9-8-15)12-2-3-12/h4-7,12H,2-3,8-11H2,1H3. The first-order valence-corrected chi connectivity index (χ1v) is 6.94. The van der Waals surface area contributed by atoms with Crippen LogP contribution in [0.2, 0.25) is 0 Å². The quantitative estimate of drug-likeness (QED) is 0.678. The molecule has 1 saturated carbocycles. The summed E-state index contributed by atoms with van der Waals surface area (Å²) in [6.07, 6.45) is 2.61. The van der Waals surface area contributed by atoms with E-state index >= 15 is 0 Å². The van der Waals surface area contributed by atoms with Gasteiger partial charge in [0.25, 0.3) is 0 Å². The minimum atomic E-state index is 0.693. The molecule has 3 nitrogen and oxygen atoms in total. The zero-order valence-electron chi connectivity index (χ0n) is 10.8. The average molecular weight is 270 g/mol. The van der Waals surface area contributed by atoms with E-state index in [4.69, 9.17) is 21.1 Å². The van der Waals surface area contributed by atoms with E-state index in [0.717, 1.165) is 30.6 Å². The number of hydrogen-bond acceptors (Lipinski definition) is 3. The molecule has 1 aliphatic carbocycles. The van der Waals surface area contributed by atoms with Crippen LogP contribution in [0.15, 0.2) is 24.3 Å². The van der Waals surface area contributed by atoms with E-state index in [1.165, 1.54) is 12.8 Å². The Labute approximate surface area is 114 Å². The Balaban J connectivity index is 1.72. The fourth-order valence-electron chi connectivity index (χ4n) is 1.98. The third kappa shape index (κ3) is 4.07. The van der Waals surface area contributed by atoms with Gasteiger partial charge >= 0.3 is 0 Å². The van der Waals surface area contributed by atoms with Crippen LogP contribution in [0.25, 0.3) is 0 Å². The van der Waals surface area contributed by atoms with Gasteiger partial charge in [0.1, 0.15) is 18.1 Å². The smallest absolute Gasteiger partial charge is 0.119 e. The van der Waals surface area contributed by atoms with Crippen LogP contribution in [0.3, 0.4) is 0 Å². The van der Waals surface area contributed by atoms with E-state index in [1.54, 1.807) is 7.11 Å². The summed E-state index contributed by atoms with van der Waals surface area (Å²) >= 11 is 5.80. The molecule has 1 fully saturated rings. The number of hydrogen-bond donors (Lipinski definition) is 0. The Morgan fingerprint density at radius 2 is 1.83 bits per heavy atom. The third-order valence-electron chi connectivity index (χ3n) is 3.14. The lowest BCUT2D eigenvalue weighted by molar-refractivity contribution is 0.210. The van der Waals surface area contributed by atoms with Crippen LogP contribution in [-0.4, -0.2) is 43.6 Å². The van der Waals surface area contributed by atoms with Gasteiger partial charge in [0.2, 0.25) is 0 Å². The maximum atomic E-state index is 5.80. The van der Waals surface area contributed by atoms with E-state index in [-0.39, 0.29) is 0 Å². The predicted molar refractivity (Wildman–Crippen MR) is 73.8 cm³/mol. The van der Waals surface area contributed by atoms with Crippen molar-refractivity contribution in [1.82, 2.24) is 4.90 Å². The van der Waals surface area contributed by atoms with Crippen LogP contribution in [-0.2, 0) is 0 Å². The number of benzene rings is 1. The van der Waals surface area contributed by atoms with E-state index in [2.05, 4.69) is 4.90 Å².